The molecule has 2 N–H and O–H groups in total. The van der Waals surface area contributed by atoms with E-state index in [1.165, 1.54) is 0 Å². The Morgan fingerprint density at radius 1 is 1.29 bits per heavy atom. The summed E-state index contributed by atoms with van der Waals surface area (Å²) in [7, 11) is 0. The summed E-state index contributed by atoms with van der Waals surface area (Å²) >= 11 is 11.8. The van der Waals surface area contributed by atoms with Gasteiger partial charge in [0.1, 0.15) is 0 Å². The van der Waals surface area contributed by atoms with Crippen LogP contribution >= 0.6 is 23.2 Å². The average molecular weight is 275 g/mol. The van der Waals surface area contributed by atoms with Gasteiger partial charge in [0.25, 0.3) is 0 Å². The number of halogens is 2. The van der Waals surface area contributed by atoms with Crippen LogP contribution in [-0.4, -0.2) is 18.0 Å². The van der Waals surface area contributed by atoms with Crippen molar-refractivity contribution in [2.45, 2.75) is 26.3 Å². The second-order valence-corrected chi connectivity index (χ2v) is 5.62. The van der Waals surface area contributed by atoms with E-state index < -0.39 is 0 Å². The normalized spacial score (nSPS) is 11.1. The molecule has 0 heterocycles. The number of nitrogens with one attached hydrogen (secondary N) is 2. The smallest absolute Gasteiger partial charge is 0.239 e. The van der Waals surface area contributed by atoms with Gasteiger partial charge in [-0.2, -0.15) is 0 Å². The highest BCUT2D eigenvalue weighted by atomic mass is 35.5. The molecule has 0 aliphatic carbocycles. The first-order chi connectivity index (χ1) is 7.78. The minimum absolute atomic E-state index is 0.0893. The van der Waals surface area contributed by atoms with Crippen LogP contribution in [0.3, 0.4) is 0 Å². The molecular weight excluding hydrogens is 259 g/mol. The summed E-state index contributed by atoms with van der Waals surface area (Å²) in [6.07, 6.45) is 0. The van der Waals surface area contributed by atoms with Crippen LogP contribution in [0.4, 0.5) is 5.69 Å². The number of carbonyl (C=O) groups is 1. The van der Waals surface area contributed by atoms with Gasteiger partial charge in [0.2, 0.25) is 5.91 Å². The van der Waals surface area contributed by atoms with Gasteiger partial charge >= 0.3 is 0 Å². The lowest BCUT2D eigenvalue weighted by molar-refractivity contribution is -0.120. The lowest BCUT2D eigenvalue weighted by Gasteiger charge is -2.20. The molecule has 0 atom stereocenters. The van der Waals surface area contributed by atoms with E-state index in [1.807, 2.05) is 20.8 Å². The van der Waals surface area contributed by atoms with Crippen LogP contribution < -0.4 is 10.6 Å². The number of carbonyl (C=O) groups excluding carboxylic acids is 1. The van der Waals surface area contributed by atoms with Crippen molar-refractivity contribution in [2.75, 3.05) is 11.9 Å². The van der Waals surface area contributed by atoms with Crippen LogP contribution in [0.5, 0.6) is 0 Å². The molecule has 0 unspecified atom stereocenters. The predicted octanol–water partition coefficient (Wildman–Crippen LogP) is 3.32. The Morgan fingerprint density at radius 3 is 2.53 bits per heavy atom. The Hall–Kier alpha value is -0.930. The highest BCUT2D eigenvalue weighted by Crippen LogP contribution is 2.25. The minimum atomic E-state index is -0.239. The molecule has 0 radical (unpaired) electrons. The molecule has 1 rings (SSSR count). The van der Waals surface area contributed by atoms with Gasteiger partial charge in [-0.25, -0.2) is 0 Å². The van der Waals surface area contributed by atoms with Crippen LogP contribution in [0.25, 0.3) is 0 Å². The second kappa shape index (κ2) is 5.61. The number of hydrogen-bond donors (Lipinski definition) is 2. The van der Waals surface area contributed by atoms with Crippen molar-refractivity contribution in [3.63, 3.8) is 0 Å². The quantitative estimate of drug-likeness (QED) is 0.888. The Morgan fingerprint density at radius 2 is 1.94 bits per heavy atom. The van der Waals surface area contributed by atoms with Crippen molar-refractivity contribution in [3.8, 4) is 0 Å². The molecule has 17 heavy (non-hydrogen) atoms. The molecule has 1 aromatic carbocycles. The van der Waals surface area contributed by atoms with E-state index in [0.717, 1.165) is 0 Å². The second-order valence-electron chi connectivity index (χ2n) is 4.78. The fraction of sp³-hybridized carbons (Fsp3) is 0.417. The van der Waals surface area contributed by atoms with Gasteiger partial charge in [-0.15, -0.1) is 0 Å². The molecule has 1 aromatic rings. The Labute approximate surface area is 111 Å². The third-order valence-electron chi connectivity index (χ3n) is 1.88. The summed E-state index contributed by atoms with van der Waals surface area (Å²) in [6.45, 7) is 5.95. The highest BCUT2D eigenvalue weighted by Gasteiger charge is 2.13. The lowest BCUT2D eigenvalue weighted by atomic mass is 10.1. The standard InChI is InChI=1S/C12H16Cl2N2O/c1-12(2,3)16-11(17)7-15-10-6-8(13)4-5-9(10)14/h4-6,15H,7H2,1-3H3,(H,16,17). The van der Waals surface area contributed by atoms with Gasteiger partial charge in [0.05, 0.1) is 17.3 Å². The lowest BCUT2D eigenvalue weighted by Crippen LogP contribution is -2.43. The van der Waals surface area contributed by atoms with Gasteiger partial charge in [0.15, 0.2) is 0 Å². The summed E-state index contributed by atoms with van der Waals surface area (Å²) in [5.41, 5.74) is 0.417. The highest BCUT2D eigenvalue weighted by molar-refractivity contribution is 6.35. The summed E-state index contributed by atoms with van der Waals surface area (Å²) in [4.78, 5) is 11.6. The zero-order valence-corrected chi connectivity index (χ0v) is 11.6. The average Bonchev–Trinajstić information content (AvgIpc) is 2.17. The van der Waals surface area contributed by atoms with E-state index in [-0.39, 0.29) is 18.0 Å². The zero-order chi connectivity index (χ0) is 13.1. The van der Waals surface area contributed by atoms with Crippen LogP contribution in [0, 0.1) is 0 Å². The number of benzene rings is 1. The largest absolute Gasteiger partial charge is 0.375 e. The van der Waals surface area contributed by atoms with Crippen LogP contribution in [0.1, 0.15) is 20.8 Å². The molecule has 0 bridgehead atoms. The molecule has 0 saturated heterocycles. The third-order valence-corrected chi connectivity index (χ3v) is 2.45. The zero-order valence-electron chi connectivity index (χ0n) is 10.1. The molecule has 0 aliphatic heterocycles. The predicted molar refractivity (Wildman–Crippen MR) is 72.8 cm³/mol. The topological polar surface area (TPSA) is 41.1 Å². The van der Waals surface area contributed by atoms with Crippen molar-refractivity contribution in [1.29, 1.82) is 0 Å². The molecular formula is C12H16Cl2N2O. The first kappa shape index (κ1) is 14.1. The summed E-state index contributed by atoms with van der Waals surface area (Å²) < 4.78 is 0. The van der Waals surface area contributed by atoms with E-state index in [4.69, 9.17) is 23.2 Å². The molecule has 94 valence electrons. The van der Waals surface area contributed by atoms with Crippen molar-refractivity contribution in [2.24, 2.45) is 0 Å². The SMILES string of the molecule is CC(C)(C)NC(=O)CNc1cc(Cl)ccc1Cl. The molecule has 0 aliphatic rings. The molecule has 0 aromatic heterocycles. The van der Waals surface area contributed by atoms with Gasteiger partial charge < -0.3 is 10.6 Å². The Balaban J connectivity index is 2.56. The molecule has 0 spiro atoms. The monoisotopic (exact) mass is 274 g/mol. The molecule has 5 heteroatoms. The van der Waals surface area contributed by atoms with Crippen molar-refractivity contribution in [1.82, 2.24) is 5.32 Å². The summed E-state index contributed by atoms with van der Waals surface area (Å²) in [6, 6.07) is 5.08. The number of hydrogen-bond acceptors (Lipinski definition) is 2. The maximum atomic E-state index is 11.6. The van der Waals surface area contributed by atoms with Crippen LogP contribution in [0.15, 0.2) is 18.2 Å². The maximum absolute atomic E-state index is 11.6. The van der Waals surface area contributed by atoms with Crippen molar-refractivity contribution in [3.05, 3.63) is 28.2 Å². The first-order valence-electron chi connectivity index (χ1n) is 5.28. The van der Waals surface area contributed by atoms with Crippen LogP contribution in [-0.2, 0) is 4.79 Å². The number of amides is 1. The molecule has 3 nitrogen and oxygen atoms in total. The van der Waals surface area contributed by atoms with Gasteiger partial charge in [-0.05, 0) is 39.0 Å². The van der Waals surface area contributed by atoms with Crippen molar-refractivity contribution < 1.29 is 4.79 Å². The van der Waals surface area contributed by atoms with E-state index in [9.17, 15) is 4.79 Å². The third kappa shape index (κ3) is 5.29. The first-order valence-corrected chi connectivity index (χ1v) is 6.03. The number of anilines is 1. The summed E-state index contributed by atoms with van der Waals surface area (Å²) in [5.74, 6) is -0.0893. The van der Waals surface area contributed by atoms with E-state index in [0.29, 0.717) is 15.7 Å². The van der Waals surface area contributed by atoms with Gasteiger partial charge in [-0.3, -0.25) is 4.79 Å². The van der Waals surface area contributed by atoms with Gasteiger partial charge in [0, 0.05) is 10.6 Å². The number of rotatable bonds is 3. The molecule has 0 fully saturated rings. The minimum Gasteiger partial charge on any atom is -0.375 e. The van der Waals surface area contributed by atoms with E-state index >= 15 is 0 Å². The fourth-order valence-corrected chi connectivity index (χ4v) is 1.63. The fourth-order valence-electron chi connectivity index (χ4n) is 1.27. The van der Waals surface area contributed by atoms with Crippen LogP contribution in [0.2, 0.25) is 10.0 Å². The van der Waals surface area contributed by atoms with Crippen molar-refractivity contribution >= 4 is 34.8 Å². The van der Waals surface area contributed by atoms with Gasteiger partial charge in [-0.1, -0.05) is 23.2 Å². The van der Waals surface area contributed by atoms with E-state index in [1.54, 1.807) is 18.2 Å². The Bertz CT molecular complexity index is 413. The molecule has 1 amide bonds. The molecule has 0 saturated carbocycles. The summed E-state index contributed by atoms with van der Waals surface area (Å²) in [5, 5.41) is 6.91. The maximum Gasteiger partial charge on any atom is 0.239 e. The Kier molecular flexibility index (Phi) is 4.66. The van der Waals surface area contributed by atoms with E-state index in [2.05, 4.69) is 10.6 Å².